The van der Waals surface area contributed by atoms with Crippen LogP contribution < -0.4 is 16.4 Å². The molecule has 56 heavy (non-hydrogen) atoms. The highest BCUT2D eigenvalue weighted by atomic mass is 16.5. The van der Waals surface area contributed by atoms with Crippen LogP contribution in [-0.2, 0) is 19.1 Å². The van der Waals surface area contributed by atoms with Gasteiger partial charge in [-0.05, 0) is 71.0 Å². The summed E-state index contributed by atoms with van der Waals surface area (Å²) in [6.45, 7) is 12.2. The Bertz CT molecular complexity index is 854. The van der Waals surface area contributed by atoms with E-state index in [9.17, 15) is 9.59 Å². The molecule has 8 nitrogen and oxygen atoms in total. The highest BCUT2D eigenvalue weighted by Gasteiger charge is 2.19. The second-order valence-corrected chi connectivity index (χ2v) is 16.6. The summed E-state index contributed by atoms with van der Waals surface area (Å²) in [5, 5.41) is 6.46. The monoisotopic (exact) mass is 793 g/mol. The minimum absolute atomic E-state index is 0.0195. The molecule has 0 aliphatic heterocycles. The highest BCUT2D eigenvalue weighted by Crippen LogP contribution is 2.21. The second kappa shape index (κ2) is 44.1. The lowest BCUT2D eigenvalue weighted by molar-refractivity contribution is -0.149. The van der Waals surface area contributed by atoms with E-state index in [1.54, 1.807) is 6.20 Å². The van der Waals surface area contributed by atoms with E-state index in [4.69, 9.17) is 15.2 Å². The molecule has 0 heterocycles. The van der Waals surface area contributed by atoms with E-state index in [2.05, 4.69) is 36.3 Å². The number of unbranched alkanes of at least 4 members (excludes halogenated alkanes) is 24. The SMILES string of the molecule is CCCCCCCCCOC(=O)CCCCCCCN(CCCCCCCOC(=O)C(CCCCCCCC)CCCCCCCC)CCCN/C(=C/N)NC. The van der Waals surface area contributed by atoms with Crippen molar-refractivity contribution in [2.75, 3.05) is 46.4 Å². The molecule has 0 unspecified atom stereocenters. The molecule has 0 saturated heterocycles. The van der Waals surface area contributed by atoms with Crippen molar-refractivity contribution in [2.45, 2.75) is 233 Å². The van der Waals surface area contributed by atoms with Crippen LogP contribution in [0, 0.1) is 5.92 Å². The second-order valence-electron chi connectivity index (χ2n) is 16.6. The molecule has 0 aliphatic carbocycles. The van der Waals surface area contributed by atoms with Gasteiger partial charge in [0, 0.05) is 26.2 Å². The van der Waals surface area contributed by atoms with Crippen molar-refractivity contribution in [3.63, 3.8) is 0 Å². The maximum Gasteiger partial charge on any atom is 0.308 e. The summed E-state index contributed by atoms with van der Waals surface area (Å²) < 4.78 is 11.3. The molecule has 0 rings (SSSR count). The smallest absolute Gasteiger partial charge is 0.308 e. The maximum absolute atomic E-state index is 13.1. The molecule has 0 aromatic carbocycles. The highest BCUT2D eigenvalue weighted by molar-refractivity contribution is 5.72. The number of nitrogens with one attached hydrogen (secondary N) is 2. The number of carbonyl (C=O) groups is 2. The first-order chi connectivity index (χ1) is 27.5. The summed E-state index contributed by atoms with van der Waals surface area (Å²) in [5.74, 6) is 1.01. The summed E-state index contributed by atoms with van der Waals surface area (Å²) in [4.78, 5) is 27.8. The molecule has 0 atom stereocenters. The van der Waals surface area contributed by atoms with Gasteiger partial charge in [-0.3, -0.25) is 9.59 Å². The fourth-order valence-electron chi connectivity index (χ4n) is 7.52. The van der Waals surface area contributed by atoms with Gasteiger partial charge in [0.15, 0.2) is 0 Å². The number of carbonyl (C=O) groups excluding carboxylic acids is 2. The Hall–Kier alpha value is -1.96. The predicted octanol–water partition coefficient (Wildman–Crippen LogP) is 12.5. The molecule has 332 valence electrons. The Morgan fingerprint density at radius 1 is 0.536 bits per heavy atom. The average Bonchev–Trinajstić information content (AvgIpc) is 3.20. The van der Waals surface area contributed by atoms with Gasteiger partial charge in [-0.15, -0.1) is 0 Å². The molecule has 0 spiro atoms. The van der Waals surface area contributed by atoms with E-state index < -0.39 is 0 Å². The molecule has 0 aromatic heterocycles. The van der Waals surface area contributed by atoms with Crippen LogP contribution in [0.1, 0.15) is 233 Å². The van der Waals surface area contributed by atoms with E-state index in [1.165, 1.54) is 141 Å². The van der Waals surface area contributed by atoms with E-state index in [1.807, 2.05) is 7.05 Å². The summed E-state index contributed by atoms with van der Waals surface area (Å²) in [6.07, 6.45) is 40.5. The predicted molar refractivity (Wildman–Crippen MR) is 241 cm³/mol. The van der Waals surface area contributed by atoms with Crippen molar-refractivity contribution in [1.29, 1.82) is 0 Å². The van der Waals surface area contributed by atoms with Crippen molar-refractivity contribution in [1.82, 2.24) is 15.5 Å². The van der Waals surface area contributed by atoms with Crippen LogP contribution in [-0.4, -0.2) is 63.3 Å². The van der Waals surface area contributed by atoms with Gasteiger partial charge in [-0.25, -0.2) is 0 Å². The van der Waals surface area contributed by atoms with Gasteiger partial charge in [0.25, 0.3) is 0 Å². The normalized spacial score (nSPS) is 11.8. The van der Waals surface area contributed by atoms with Gasteiger partial charge >= 0.3 is 11.9 Å². The van der Waals surface area contributed by atoms with Crippen LogP contribution in [0.15, 0.2) is 12.0 Å². The maximum atomic E-state index is 13.1. The fourth-order valence-corrected chi connectivity index (χ4v) is 7.52. The third-order valence-corrected chi connectivity index (χ3v) is 11.3. The third kappa shape index (κ3) is 37.6. The van der Waals surface area contributed by atoms with Gasteiger partial charge in [-0.2, -0.15) is 0 Å². The zero-order valence-corrected chi connectivity index (χ0v) is 37.9. The number of hydrogen-bond donors (Lipinski definition) is 3. The van der Waals surface area contributed by atoms with Crippen molar-refractivity contribution in [2.24, 2.45) is 11.7 Å². The van der Waals surface area contributed by atoms with Crippen LogP contribution in [0.5, 0.6) is 0 Å². The lowest BCUT2D eigenvalue weighted by atomic mass is 9.94. The quantitative estimate of drug-likeness (QED) is 0.0413. The lowest BCUT2D eigenvalue weighted by Gasteiger charge is -2.23. The minimum Gasteiger partial charge on any atom is -0.466 e. The molecule has 0 fully saturated rings. The first-order valence-electron chi connectivity index (χ1n) is 24.4. The number of esters is 2. The zero-order valence-electron chi connectivity index (χ0n) is 37.9. The summed E-state index contributed by atoms with van der Waals surface area (Å²) >= 11 is 0. The third-order valence-electron chi connectivity index (χ3n) is 11.3. The van der Waals surface area contributed by atoms with Gasteiger partial charge in [0.2, 0.25) is 0 Å². The van der Waals surface area contributed by atoms with Gasteiger partial charge in [0.05, 0.1) is 19.1 Å². The Morgan fingerprint density at radius 3 is 1.43 bits per heavy atom. The lowest BCUT2D eigenvalue weighted by Crippen LogP contribution is -2.31. The van der Waals surface area contributed by atoms with Crippen LogP contribution >= 0.6 is 0 Å². The summed E-state index contributed by atoms with van der Waals surface area (Å²) in [7, 11) is 1.88. The molecule has 4 N–H and O–H groups in total. The van der Waals surface area contributed by atoms with E-state index in [0.717, 1.165) is 96.2 Å². The molecular formula is C48H96N4O4. The Kier molecular flexibility index (Phi) is 42.6. The van der Waals surface area contributed by atoms with Gasteiger partial charge in [0.1, 0.15) is 5.82 Å². The summed E-state index contributed by atoms with van der Waals surface area (Å²) in [6, 6.07) is 0. The van der Waals surface area contributed by atoms with Crippen LogP contribution in [0.2, 0.25) is 0 Å². The van der Waals surface area contributed by atoms with Gasteiger partial charge in [-0.1, -0.05) is 175 Å². The van der Waals surface area contributed by atoms with Crippen molar-refractivity contribution in [3.05, 3.63) is 12.0 Å². The number of hydrogen-bond acceptors (Lipinski definition) is 8. The number of ether oxygens (including phenoxy) is 2. The number of nitrogens with two attached hydrogens (primary N) is 1. The number of rotatable bonds is 45. The Morgan fingerprint density at radius 2 is 0.946 bits per heavy atom. The number of nitrogens with zero attached hydrogens (tertiary/aromatic N) is 1. The Balaban J connectivity index is 4.35. The zero-order chi connectivity index (χ0) is 41.0. The van der Waals surface area contributed by atoms with Crippen LogP contribution in [0.3, 0.4) is 0 Å². The minimum atomic E-state index is -0.0195. The molecule has 0 amide bonds. The molecule has 0 aromatic rings. The van der Waals surface area contributed by atoms with Crippen LogP contribution in [0.25, 0.3) is 0 Å². The largest absolute Gasteiger partial charge is 0.466 e. The average molecular weight is 793 g/mol. The van der Waals surface area contributed by atoms with E-state index >= 15 is 0 Å². The van der Waals surface area contributed by atoms with Crippen LogP contribution in [0.4, 0.5) is 0 Å². The topological polar surface area (TPSA) is 106 Å². The Labute approximate surface area is 348 Å². The van der Waals surface area contributed by atoms with Crippen molar-refractivity contribution >= 4 is 11.9 Å². The first-order valence-corrected chi connectivity index (χ1v) is 24.4. The van der Waals surface area contributed by atoms with Crippen molar-refractivity contribution < 1.29 is 19.1 Å². The van der Waals surface area contributed by atoms with E-state index in [0.29, 0.717) is 19.6 Å². The van der Waals surface area contributed by atoms with Crippen molar-refractivity contribution in [3.8, 4) is 0 Å². The molecule has 0 bridgehead atoms. The van der Waals surface area contributed by atoms with Gasteiger partial charge < -0.3 is 30.7 Å². The standard InChI is InChI=1S/C48H96N4O4/c1-5-8-11-14-17-25-32-42-55-47(53)37-29-22-18-23-30-39-52(41-34-38-51-46(44-49)50-4)40-31-24-19-26-33-43-56-48(54)45(35-27-20-15-12-9-6-2)36-28-21-16-13-10-7-3/h44-45,50-51H,5-43,49H2,1-4H3/b46-44+. The first kappa shape index (κ1) is 54.0. The molecule has 8 heteroatoms. The fraction of sp³-hybridized carbons (Fsp3) is 0.917. The molecule has 0 aliphatic rings. The van der Waals surface area contributed by atoms with E-state index in [-0.39, 0.29) is 17.9 Å². The molecule has 0 radical (unpaired) electrons. The molecular weight excluding hydrogens is 697 g/mol. The summed E-state index contributed by atoms with van der Waals surface area (Å²) in [5.41, 5.74) is 5.68. The molecule has 0 saturated carbocycles.